The van der Waals surface area contributed by atoms with Crippen LogP contribution in [0.25, 0.3) is 26.1 Å². The number of nitrogens with zero attached hydrogens (tertiary/aromatic N) is 4. The van der Waals surface area contributed by atoms with Gasteiger partial charge in [-0.2, -0.15) is 0 Å². The number of hydrogen-bond donors (Lipinski definition) is 1. The molecule has 1 aliphatic carbocycles. The number of fused-ring (bicyclic) bond motifs is 4. The van der Waals surface area contributed by atoms with Gasteiger partial charge in [-0.3, -0.25) is 9.36 Å². The number of benzene rings is 1. The highest BCUT2D eigenvalue weighted by Gasteiger charge is 2.24. The maximum absolute atomic E-state index is 13.2. The molecule has 27 heavy (non-hydrogen) atoms. The van der Waals surface area contributed by atoms with Crippen molar-refractivity contribution >= 4 is 37.6 Å². The Balaban J connectivity index is 1.55. The van der Waals surface area contributed by atoms with E-state index < -0.39 is 0 Å². The van der Waals surface area contributed by atoms with E-state index in [4.69, 9.17) is 4.74 Å². The first-order chi connectivity index (χ1) is 13.3. The van der Waals surface area contributed by atoms with Crippen LogP contribution in [-0.2, 0) is 6.42 Å². The Morgan fingerprint density at radius 2 is 2.15 bits per heavy atom. The third kappa shape index (κ3) is 2.33. The minimum Gasteiger partial charge on any atom is -0.493 e. The van der Waals surface area contributed by atoms with Crippen LogP contribution in [0, 0.1) is 0 Å². The Hall–Kier alpha value is -3.00. The summed E-state index contributed by atoms with van der Waals surface area (Å²) < 4.78 is 7.75. The lowest BCUT2D eigenvalue weighted by atomic mass is 10.1. The molecule has 0 saturated heterocycles. The molecule has 1 fully saturated rings. The molecular formula is C19H15N5O2S. The molecule has 8 heteroatoms. The lowest BCUT2D eigenvalue weighted by Crippen LogP contribution is -2.17. The molecule has 4 aromatic rings. The molecule has 4 heterocycles. The van der Waals surface area contributed by atoms with Gasteiger partial charge in [-0.15, -0.1) is 11.3 Å². The van der Waals surface area contributed by atoms with Gasteiger partial charge in [-0.05, 0) is 36.6 Å². The number of aromatic nitrogens is 4. The van der Waals surface area contributed by atoms with Gasteiger partial charge in [-0.25, -0.2) is 15.0 Å². The van der Waals surface area contributed by atoms with Gasteiger partial charge < -0.3 is 10.1 Å². The van der Waals surface area contributed by atoms with Crippen molar-refractivity contribution in [2.75, 3.05) is 11.9 Å². The van der Waals surface area contributed by atoms with E-state index in [0.29, 0.717) is 22.9 Å². The quantitative estimate of drug-likeness (QED) is 0.591. The van der Waals surface area contributed by atoms with Crippen molar-refractivity contribution in [1.82, 2.24) is 19.5 Å². The number of anilines is 1. The molecule has 3 aromatic heterocycles. The van der Waals surface area contributed by atoms with Crippen molar-refractivity contribution < 1.29 is 4.74 Å². The highest BCUT2D eigenvalue weighted by molar-refractivity contribution is 7.25. The molecule has 1 aromatic carbocycles. The van der Waals surface area contributed by atoms with Crippen LogP contribution in [-0.4, -0.2) is 32.2 Å². The standard InChI is InChI=1S/C19H15N5O2S/c25-19-16-15(14-17(23-11-1-2-11)20-8-21-18(14)27-16)22-9-24(19)12-3-4-13-10(7-12)5-6-26-13/h3-4,7-9,11H,1-2,5-6H2,(H,20,21,23). The van der Waals surface area contributed by atoms with E-state index in [1.54, 1.807) is 17.2 Å². The molecule has 0 bridgehead atoms. The molecule has 0 amide bonds. The Labute approximate surface area is 157 Å². The first-order valence-corrected chi connectivity index (χ1v) is 9.77. The monoisotopic (exact) mass is 377 g/mol. The lowest BCUT2D eigenvalue weighted by Gasteiger charge is -2.07. The summed E-state index contributed by atoms with van der Waals surface area (Å²) in [5.41, 5.74) is 2.51. The summed E-state index contributed by atoms with van der Waals surface area (Å²) >= 11 is 1.37. The summed E-state index contributed by atoms with van der Waals surface area (Å²) in [6, 6.07) is 6.28. The maximum Gasteiger partial charge on any atom is 0.275 e. The molecule has 134 valence electrons. The first-order valence-electron chi connectivity index (χ1n) is 8.95. The molecule has 6 rings (SSSR count). The molecule has 0 atom stereocenters. The summed E-state index contributed by atoms with van der Waals surface area (Å²) in [7, 11) is 0. The smallest absolute Gasteiger partial charge is 0.275 e. The second-order valence-electron chi connectivity index (χ2n) is 6.91. The van der Waals surface area contributed by atoms with Gasteiger partial charge >= 0.3 is 0 Å². The number of rotatable bonds is 3. The third-order valence-electron chi connectivity index (χ3n) is 5.05. The summed E-state index contributed by atoms with van der Waals surface area (Å²) in [4.78, 5) is 27.3. The molecule has 1 saturated carbocycles. The highest BCUT2D eigenvalue weighted by Crippen LogP contribution is 2.35. The third-order valence-corrected chi connectivity index (χ3v) is 6.12. The van der Waals surface area contributed by atoms with E-state index >= 15 is 0 Å². The Morgan fingerprint density at radius 3 is 3.04 bits per heavy atom. The van der Waals surface area contributed by atoms with Crippen molar-refractivity contribution in [2.24, 2.45) is 0 Å². The van der Waals surface area contributed by atoms with Crippen LogP contribution >= 0.6 is 11.3 Å². The number of ether oxygens (including phenoxy) is 1. The van der Waals surface area contributed by atoms with Gasteiger partial charge in [0.05, 0.1) is 17.7 Å². The summed E-state index contributed by atoms with van der Waals surface area (Å²) in [5.74, 6) is 1.67. The van der Waals surface area contributed by atoms with Gasteiger partial charge in [0.25, 0.3) is 5.56 Å². The van der Waals surface area contributed by atoms with E-state index in [2.05, 4.69) is 20.3 Å². The largest absolute Gasteiger partial charge is 0.493 e. The van der Waals surface area contributed by atoms with Crippen molar-refractivity contribution in [3.8, 4) is 11.4 Å². The van der Waals surface area contributed by atoms with Gasteiger partial charge in [-0.1, -0.05) is 0 Å². The molecule has 1 N–H and O–H groups in total. The van der Waals surface area contributed by atoms with Crippen LogP contribution in [0.1, 0.15) is 18.4 Å². The first kappa shape index (κ1) is 15.1. The molecule has 0 spiro atoms. The van der Waals surface area contributed by atoms with E-state index in [1.165, 1.54) is 11.3 Å². The minimum atomic E-state index is -0.0840. The molecule has 0 radical (unpaired) electrons. The Bertz CT molecular complexity index is 1270. The zero-order valence-corrected chi connectivity index (χ0v) is 15.1. The van der Waals surface area contributed by atoms with Crippen LogP contribution < -0.4 is 15.6 Å². The zero-order valence-electron chi connectivity index (χ0n) is 14.3. The van der Waals surface area contributed by atoms with Crippen molar-refractivity contribution in [3.05, 3.63) is 46.8 Å². The normalized spacial score (nSPS) is 15.9. The fourth-order valence-electron chi connectivity index (χ4n) is 3.50. The second kappa shape index (κ2) is 5.50. The van der Waals surface area contributed by atoms with Crippen LogP contribution in [0.5, 0.6) is 5.75 Å². The van der Waals surface area contributed by atoms with Gasteiger partial charge in [0.2, 0.25) is 0 Å². The van der Waals surface area contributed by atoms with Crippen molar-refractivity contribution in [3.63, 3.8) is 0 Å². The number of hydrogen-bond acceptors (Lipinski definition) is 7. The predicted molar refractivity (Wildman–Crippen MR) is 104 cm³/mol. The van der Waals surface area contributed by atoms with Gasteiger partial charge in [0.1, 0.15) is 39.3 Å². The molecule has 0 unspecified atom stereocenters. The van der Waals surface area contributed by atoms with Crippen LogP contribution in [0.15, 0.2) is 35.6 Å². The van der Waals surface area contributed by atoms with E-state index in [-0.39, 0.29) is 5.56 Å². The van der Waals surface area contributed by atoms with Gasteiger partial charge in [0.15, 0.2) is 0 Å². The molecule has 7 nitrogen and oxygen atoms in total. The van der Waals surface area contributed by atoms with Crippen LogP contribution in [0.4, 0.5) is 5.82 Å². The van der Waals surface area contributed by atoms with E-state index in [1.807, 2.05) is 18.2 Å². The SMILES string of the molecule is O=c1c2sc3ncnc(NC4CC4)c3c2ncn1-c1ccc2c(c1)CCO2. The Kier molecular flexibility index (Phi) is 3.07. The number of nitrogens with one attached hydrogen (secondary N) is 1. The van der Waals surface area contributed by atoms with Crippen LogP contribution in [0.3, 0.4) is 0 Å². The van der Waals surface area contributed by atoms with E-state index in [9.17, 15) is 4.79 Å². The van der Waals surface area contributed by atoms with Crippen molar-refractivity contribution in [2.45, 2.75) is 25.3 Å². The summed E-state index contributed by atoms with van der Waals surface area (Å²) in [6.07, 6.45) is 6.30. The Morgan fingerprint density at radius 1 is 1.22 bits per heavy atom. The van der Waals surface area contributed by atoms with Crippen LogP contribution in [0.2, 0.25) is 0 Å². The fraction of sp³-hybridized carbons (Fsp3) is 0.263. The average Bonchev–Trinajstić information content (AvgIpc) is 3.23. The zero-order chi connectivity index (χ0) is 18.0. The average molecular weight is 377 g/mol. The summed E-state index contributed by atoms with van der Waals surface area (Å²) in [5, 5.41) is 4.27. The fourth-order valence-corrected chi connectivity index (χ4v) is 4.53. The molecule has 2 aliphatic rings. The lowest BCUT2D eigenvalue weighted by molar-refractivity contribution is 0.357. The second-order valence-corrected chi connectivity index (χ2v) is 7.91. The topological polar surface area (TPSA) is 81.9 Å². The van der Waals surface area contributed by atoms with Crippen molar-refractivity contribution in [1.29, 1.82) is 0 Å². The molecule has 1 aliphatic heterocycles. The predicted octanol–water partition coefficient (Wildman–Crippen LogP) is 2.90. The van der Waals surface area contributed by atoms with Gasteiger partial charge in [0, 0.05) is 12.5 Å². The summed E-state index contributed by atoms with van der Waals surface area (Å²) in [6.45, 7) is 0.691. The minimum absolute atomic E-state index is 0.0840. The van der Waals surface area contributed by atoms with E-state index in [0.717, 1.165) is 52.3 Å². The molecular weight excluding hydrogens is 362 g/mol. The number of thiophene rings is 1. The maximum atomic E-state index is 13.2. The highest BCUT2D eigenvalue weighted by atomic mass is 32.1.